The lowest BCUT2D eigenvalue weighted by Gasteiger charge is -2.40. The highest BCUT2D eigenvalue weighted by Crippen LogP contribution is 2.31. The summed E-state index contributed by atoms with van der Waals surface area (Å²) in [6.07, 6.45) is 1.96. The van der Waals surface area contributed by atoms with E-state index in [9.17, 15) is 9.59 Å². The summed E-state index contributed by atoms with van der Waals surface area (Å²) in [5.41, 5.74) is -0.302. The monoisotopic (exact) mass is 390 g/mol. The van der Waals surface area contributed by atoms with Crippen molar-refractivity contribution in [1.29, 1.82) is 0 Å². The SMILES string of the molecule is O=C1CCOC2(CCN(C(=O)c3cc4ccccc4s3)CC2)CN1.O=CO. The van der Waals surface area contributed by atoms with Crippen LogP contribution in [0.25, 0.3) is 10.1 Å². The van der Waals surface area contributed by atoms with Crippen molar-refractivity contribution in [3.63, 3.8) is 0 Å². The molecule has 2 N–H and O–H groups in total. The van der Waals surface area contributed by atoms with E-state index >= 15 is 0 Å². The fourth-order valence-corrected chi connectivity index (χ4v) is 4.47. The highest BCUT2D eigenvalue weighted by molar-refractivity contribution is 7.20. The molecular weight excluding hydrogens is 368 g/mol. The lowest BCUT2D eigenvalue weighted by molar-refractivity contribution is -0.123. The van der Waals surface area contributed by atoms with Gasteiger partial charge in [-0.15, -0.1) is 11.3 Å². The van der Waals surface area contributed by atoms with Crippen molar-refractivity contribution in [3.05, 3.63) is 35.2 Å². The lowest BCUT2D eigenvalue weighted by Crippen LogP contribution is -2.52. The molecule has 4 rings (SSSR count). The molecule has 1 aromatic heterocycles. The van der Waals surface area contributed by atoms with Gasteiger partial charge in [-0.3, -0.25) is 14.4 Å². The Morgan fingerprint density at radius 1 is 1.30 bits per heavy atom. The lowest BCUT2D eigenvalue weighted by atomic mass is 9.91. The molecule has 144 valence electrons. The quantitative estimate of drug-likeness (QED) is 0.727. The number of carboxylic acid groups (broad SMARTS) is 1. The smallest absolute Gasteiger partial charge is 0.290 e. The Labute approximate surface area is 160 Å². The van der Waals surface area contributed by atoms with Crippen molar-refractivity contribution >= 4 is 39.7 Å². The summed E-state index contributed by atoms with van der Waals surface area (Å²) in [5.74, 6) is 0.152. The van der Waals surface area contributed by atoms with Gasteiger partial charge in [0, 0.05) is 30.8 Å². The minimum absolute atomic E-state index is 0.0515. The summed E-state index contributed by atoms with van der Waals surface area (Å²) in [7, 11) is 0. The first-order valence-corrected chi connectivity index (χ1v) is 9.65. The molecule has 3 heterocycles. The molecule has 8 heteroatoms. The molecule has 1 aromatic carbocycles. The van der Waals surface area contributed by atoms with Crippen LogP contribution < -0.4 is 5.32 Å². The maximum atomic E-state index is 12.8. The first-order valence-electron chi connectivity index (χ1n) is 8.83. The number of ether oxygens (including phenoxy) is 1. The summed E-state index contributed by atoms with van der Waals surface area (Å²) < 4.78 is 7.11. The van der Waals surface area contributed by atoms with E-state index in [2.05, 4.69) is 5.32 Å². The van der Waals surface area contributed by atoms with E-state index in [4.69, 9.17) is 14.6 Å². The number of rotatable bonds is 1. The number of nitrogens with zero attached hydrogens (tertiary/aromatic N) is 1. The van der Waals surface area contributed by atoms with Crippen LogP contribution in [0.3, 0.4) is 0 Å². The summed E-state index contributed by atoms with van der Waals surface area (Å²) in [4.78, 5) is 35.3. The van der Waals surface area contributed by atoms with E-state index in [0.29, 0.717) is 32.7 Å². The van der Waals surface area contributed by atoms with E-state index in [1.54, 1.807) is 11.3 Å². The fourth-order valence-electron chi connectivity index (χ4n) is 3.44. The highest BCUT2D eigenvalue weighted by Gasteiger charge is 2.38. The molecule has 0 atom stereocenters. The molecule has 2 aliphatic heterocycles. The summed E-state index contributed by atoms with van der Waals surface area (Å²) >= 11 is 1.55. The molecule has 2 amide bonds. The Balaban J connectivity index is 0.000000659. The van der Waals surface area contributed by atoms with Crippen molar-refractivity contribution in [2.75, 3.05) is 26.2 Å². The molecular formula is C19H22N2O5S. The number of carbonyl (C=O) groups is 3. The molecule has 0 bridgehead atoms. The number of amides is 2. The van der Waals surface area contributed by atoms with Crippen LogP contribution in [0.5, 0.6) is 0 Å². The van der Waals surface area contributed by atoms with Gasteiger partial charge >= 0.3 is 0 Å². The summed E-state index contributed by atoms with van der Waals surface area (Å²) in [6, 6.07) is 10.1. The number of fused-ring (bicyclic) bond motifs is 1. The standard InChI is InChI=1S/C18H20N2O3S.CH2O2/c21-16-5-10-23-18(12-19-16)6-8-20(9-7-18)17(22)15-11-13-3-1-2-4-14(13)24-15;2-1-3/h1-4,11H,5-10,12H2,(H,19,21);1H,(H,2,3). The van der Waals surface area contributed by atoms with Crippen LogP contribution in [0.15, 0.2) is 30.3 Å². The number of piperidine rings is 1. The minimum Gasteiger partial charge on any atom is -0.483 e. The topological polar surface area (TPSA) is 95.9 Å². The molecule has 0 radical (unpaired) electrons. The molecule has 1 spiro atoms. The van der Waals surface area contributed by atoms with E-state index in [1.165, 1.54) is 0 Å². The van der Waals surface area contributed by atoms with Gasteiger partial charge in [0.05, 0.1) is 17.1 Å². The van der Waals surface area contributed by atoms with Crippen LogP contribution in [-0.2, 0) is 14.3 Å². The third-order valence-corrected chi connectivity index (χ3v) is 6.05. The first kappa shape index (κ1) is 19.3. The molecule has 2 aliphatic rings. The normalized spacial score (nSPS) is 19.0. The maximum absolute atomic E-state index is 12.8. The number of carbonyl (C=O) groups excluding carboxylic acids is 2. The predicted molar refractivity (Wildman–Crippen MR) is 102 cm³/mol. The van der Waals surface area contributed by atoms with Gasteiger partial charge in [-0.1, -0.05) is 18.2 Å². The van der Waals surface area contributed by atoms with Gasteiger partial charge in [0.15, 0.2) is 0 Å². The van der Waals surface area contributed by atoms with Gasteiger partial charge in [0.2, 0.25) is 5.91 Å². The second-order valence-electron chi connectivity index (χ2n) is 6.60. The van der Waals surface area contributed by atoms with Crippen molar-refractivity contribution in [2.45, 2.75) is 24.9 Å². The Morgan fingerprint density at radius 2 is 2.00 bits per heavy atom. The zero-order chi connectivity index (χ0) is 19.3. The van der Waals surface area contributed by atoms with Crippen LogP contribution >= 0.6 is 11.3 Å². The maximum Gasteiger partial charge on any atom is 0.290 e. The largest absolute Gasteiger partial charge is 0.483 e. The zero-order valence-electron chi connectivity index (χ0n) is 14.8. The number of thiophene rings is 1. The minimum atomic E-state index is -0.302. The first-order chi connectivity index (χ1) is 13.1. The molecule has 2 fully saturated rings. The van der Waals surface area contributed by atoms with Crippen molar-refractivity contribution in [3.8, 4) is 0 Å². The Kier molecular flexibility index (Phi) is 6.08. The second kappa shape index (κ2) is 8.49. The number of likely N-dealkylation sites (tertiary alicyclic amines) is 1. The van der Waals surface area contributed by atoms with Crippen LogP contribution in [0.2, 0.25) is 0 Å². The average Bonchev–Trinajstić information content (AvgIpc) is 3.03. The highest BCUT2D eigenvalue weighted by atomic mass is 32.1. The zero-order valence-corrected chi connectivity index (χ0v) is 15.7. The molecule has 0 aliphatic carbocycles. The van der Waals surface area contributed by atoms with Gasteiger partial charge in [-0.25, -0.2) is 0 Å². The van der Waals surface area contributed by atoms with Crippen LogP contribution in [0.1, 0.15) is 28.9 Å². The number of benzene rings is 1. The van der Waals surface area contributed by atoms with E-state index < -0.39 is 0 Å². The van der Waals surface area contributed by atoms with Gasteiger partial charge in [0.25, 0.3) is 12.4 Å². The molecule has 0 saturated carbocycles. The number of nitrogens with one attached hydrogen (secondary N) is 1. The molecule has 2 aromatic rings. The van der Waals surface area contributed by atoms with Crippen LogP contribution in [0.4, 0.5) is 0 Å². The predicted octanol–water partition coefficient (Wildman–Crippen LogP) is 2.11. The Bertz CT molecular complexity index is 793. The van der Waals surface area contributed by atoms with Crippen LogP contribution in [-0.4, -0.2) is 60.1 Å². The van der Waals surface area contributed by atoms with Gasteiger partial charge < -0.3 is 20.1 Å². The van der Waals surface area contributed by atoms with E-state index in [0.717, 1.165) is 27.8 Å². The van der Waals surface area contributed by atoms with Crippen molar-refractivity contribution in [2.24, 2.45) is 0 Å². The average molecular weight is 390 g/mol. The number of hydrogen-bond donors (Lipinski definition) is 2. The van der Waals surface area contributed by atoms with Gasteiger partial charge in [-0.05, 0) is 30.4 Å². The van der Waals surface area contributed by atoms with Crippen molar-refractivity contribution in [1.82, 2.24) is 10.2 Å². The third-order valence-electron chi connectivity index (χ3n) is 4.94. The molecule has 0 unspecified atom stereocenters. The molecule has 2 saturated heterocycles. The summed E-state index contributed by atoms with van der Waals surface area (Å²) in [5, 5.41) is 10.9. The van der Waals surface area contributed by atoms with E-state index in [-0.39, 0.29) is 23.9 Å². The van der Waals surface area contributed by atoms with Gasteiger partial charge in [-0.2, -0.15) is 0 Å². The number of hydrogen-bond acceptors (Lipinski definition) is 5. The Morgan fingerprint density at radius 3 is 2.70 bits per heavy atom. The second-order valence-corrected chi connectivity index (χ2v) is 7.69. The molecule has 7 nitrogen and oxygen atoms in total. The van der Waals surface area contributed by atoms with Crippen molar-refractivity contribution < 1.29 is 24.2 Å². The van der Waals surface area contributed by atoms with Crippen LogP contribution in [0, 0.1) is 0 Å². The Hall–Kier alpha value is -2.45. The third kappa shape index (κ3) is 4.45. The molecule has 27 heavy (non-hydrogen) atoms. The fraction of sp³-hybridized carbons (Fsp3) is 0.421. The van der Waals surface area contributed by atoms with E-state index in [1.807, 2.05) is 35.2 Å². The van der Waals surface area contributed by atoms with Gasteiger partial charge in [0.1, 0.15) is 0 Å². The summed E-state index contributed by atoms with van der Waals surface area (Å²) in [6.45, 7) is 2.11.